The summed E-state index contributed by atoms with van der Waals surface area (Å²) in [4.78, 5) is 12.1. The minimum absolute atomic E-state index is 0.0616. The smallest absolute Gasteiger partial charge is 0.244 e. The number of rotatable bonds is 4. The van der Waals surface area contributed by atoms with Crippen molar-refractivity contribution in [2.75, 3.05) is 0 Å². The SMILES string of the molecule is Cc1ccc(C(C)NC(=O)/C=C/c2ccc(Cl)cc2Cl)c(C)c1. The van der Waals surface area contributed by atoms with Crippen molar-refractivity contribution in [3.05, 3.63) is 74.8 Å². The highest BCUT2D eigenvalue weighted by molar-refractivity contribution is 6.35. The minimum Gasteiger partial charge on any atom is -0.346 e. The van der Waals surface area contributed by atoms with Crippen LogP contribution in [0.25, 0.3) is 6.08 Å². The molecular weight excluding hydrogens is 329 g/mol. The van der Waals surface area contributed by atoms with Crippen molar-refractivity contribution in [1.82, 2.24) is 5.32 Å². The molecule has 0 saturated heterocycles. The van der Waals surface area contributed by atoms with Gasteiger partial charge in [-0.15, -0.1) is 0 Å². The average molecular weight is 348 g/mol. The van der Waals surface area contributed by atoms with E-state index in [0.717, 1.165) is 11.1 Å². The number of nitrogens with one attached hydrogen (secondary N) is 1. The molecule has 0 spiro atoms. The Morgan fingerprint density at radius 1 is 1.13 bits per heavy atom. The molecule has 2 aromatic rings. The van der Waals surface area contributed by atoms with E-state index >= 15 is 0 Å². The van der Waals surface area contributed by atoms with Gasteiger partial charge < -0.3 is 5.32 Å². The summed E-state index contributed by atoms with van der Waals surface area (Å²) in [5.74, 6) is -0.163. The first-order chi connectivity index (χ1) is 10.9. The van der Waals surface area contributed by atoms with Crippen LogP contribution in [-0.4, -0.2) is 5.91 Å². The van der Waals surface area contributed by atoms with Crippen LogP contribution in [0, 0.1) is 13.8 Å². The Bertz CT molecular complexity index is 753. The summed E-state index contributed by atoms with van der Waals surface area (Å²) < 4.78 is 0. The van der Waals surface area contributed by atoms with E-state index in [1.165, 1.54) is 17.2 Å². The van der Waals surface area contributed by atoms with Crippen LogP contribution >= 0.6 is 23.2 Å². The zero-order valence-electron chi connectivity index (χ0n) is 13.4. The summed E-state index contributed by atoms with van der Waals surface area (Å²) >= 11 is 11.9. The summed E-state index contributed by atoms with van der Waals surface area (Å²) in [6.45, 7) is 6.08. The lowest BCUT2D eigenvalue weighted by molar-refractivity contribution is -0.117. The number of amides is 1. The first-order valence-corrected chi connectivity index (χ1v) is 8.13. The molecule has 0 aliphatic rings. The van der Waals surface area contributed by atoms with Crippen LogP contribution < -0.4 is 5.32 Å². The van der Waals surface area contributed by atoms with Crippen LogP contribution in [0.15, 0.2) is 42.5 Å². The van der Waals surface area contributed by atoms with Gasteiger partial charge in [0.25, 0.3) is 0 Å². The second kappa shape index (κ2) is 7.67. The van der Waals surface area contributed by atoms with Crippen LogP contribution in [0.4, 0.5) is 0 Å². The predicted molar refractivity (Wildman–Crippen MR) is 98.0 cm³/mol. The molecule has 0 fully saturated rings. The largest absolute Gasteiger partial charge is 0.346 e. The average Bonchev–Trinajstić information content (AvgIpc) is 2.46. The molecule has 120 valence electrons. The maximum absolute atomic E-state index is 12.1. The molecule has 0 bridgehead atoms. The monoisotopic (exact) mass is 347 g/mol. The second-order valence-electron chi connectivity index (χ2n) is 5.59. The van der Waals surface area contributed by atoms with Crippen LogP contribution in [-0.2, 0) is 4.79 Å². The Morgan fingerprint density at radius 3 is 2.52 bits per heavy atom. The molecule has 4 heteroatoms. The fourth-order valence-corrected chi connectivity index (χ4v) is 2.92. The molecule has 1 N–H and O–H groups in total. The Morgan fingerprint density at radius 2 is 1.87 bits per heavy atom. The van der Waals surface area contributed by atoms with Crippen LogP contribution in [0.3, 0.4) is 0 Å². The Kier molecular flexibility index (Phi) is 5.86. The van der Waals surface area contributed by atoms with E-state index in [0.29, 0.717) is 10.0 Å². The third-order valence-electron chi connectivity index (χ3n) is 3.63. The topological polar surface area (TPSA) is 29.1 Å². The van der Waals surface area contributed by atoms with Crippen molar-refractivity contribution < 1.29 is 4.79 Å². The summed E-state index contributed by atoms with van der Waals surface area (Å²) in [5, 5.41) is 4.05. The minimum atomic E-state index is -0.163. The second-order valence-corrected chi connectivity index (χ2v) is 6.43. The number of benzene rings is 2. The van der Waals surface area contributed by atoms with E-state index in [2.05, 4.69) is 24.4 Å². The normalized spacial score (nSPS) is 12.4. The standard InChI is InChI=1S/C19H19Cl2NO/c1-12-4-8-17(13(2)10-12)14(3)22-19(23)9-6-15-5-7-16(20)11-18(15)21/h4-11,14H,1-3H3,(H,22,23)/b9-6+. The van der Waals surface area contributed by atoms with E-state index in [1.54, 1.807) is 24.3 Å². The Hall–Kier alpha value is -1.77. The van der Waals surface area contributed by atoms with Gasteiger partial charge in [-0.2, -0.15) is 0 Å². The number of aryl methyl sites for hydroxylation is 2. The van der Waals surface area contributed by atoms with Crippen LogP contribution in [0.2, 0.25) is 10.0 Å². The Balaban J connectivity index is 2.05. The van der Waals surface area contributed by atoms with Gasteiger partial charge in [-0.05, 0) is 55.7 Å². The number of halogens is 2. The van der Waals surface area contributed by atoms with Gasteiger partial charge in [0.2, 0.25) is 5.91 Å². The van der Waals surface area contributed by atoms with E-state index in [1.807, 2.05) is 19.9 Å². The molecule has 2 nitrogen and oxygen atoms in total. The number of carbonyl (C=O) groups excluding carboxylic acids is 1. The zero-order chi connectivity index (χ0) is 17.0. The maximum atomic E-state index is 12.1. The molecule has 0 aliphatic heterocycles. The highest BCUT2D eigenvalue weighted by atomic mass is 35.5. The highest BCUT2D eigenvalue weighted by Crippen LogP contribution is 2.22. The zero-order valence-corrected chi connectivity index (χ0v) is 14.9. The number of hydrogen-bond donors (Lipinski definition) is 1. The van der Waals surface area contributed by atoms with Gasteiger partial charge in [-0.3, -0.25) is 4.79 Å². The van der Waals surface area contributed by atoms with E-state index in [-0.39, 0.29) is 11.9 Å². The third-order valence-corrected chi connectivity index (χ3v) is 4.19. The molecule has 2 rings (SSSR count). The Labute approximate surface area is 147 Å². The lowest BCUT2D eigenvalue weighted by atomic mass is 10.0. The highest BCUT2D eigenvalue weighted by Gasteiger charge is 2.10. The van der Waals surface area contributed by atoms with Gasteiger partial charge in [-0.25, -0.2) is 0 Å². The fourth-order valence-electron chi connectivity index (χ4n) is 2.45. The van der Waals surface area contributed by atoms with Gasteiger partial charge >= 0.3 is 0 Å². The predicted octanol–water partition coefficient (Wildman–Crippen LogP) is 5.50. The molecule has 2 aromatic carbocycles. The van der Waals surface area contributed by atoms with Crippen molar-refractivity contribution in [1.29, 1.82) is 0 Å². The molecule has 23 heavy (non-hydrogen) atoms. The summed E-state index contributed by atoms with van der Waals surface area (Å²) in [7, 11) is 0. The first-order valence-electron chi connectivity index (χ1n) is 7.37. The molecule has 1 atom stereocenters. The lowest BCUT2D eigenvalue weighted by Crippen LogP contribution is -2.25. The molecule has 0 radical (unpaired) electrons. The van der Waals surface area contributed by atoms with Crippen molar-refractivity contribution in [3.8, 4) is 0 Å². The maximum Gasteiger partial charge on any atom is 0.244 e. The van der Waals surface area contributed by atoms with Crippen molar-refractivity contribution in [2.45, 2.75) is 26.8 Å². The molecular formula is C19H19Cl2NO. The van der Waals surface area contributed by atoms with Gasteiger partial charge in [-0.1, -0.05) is 53.0 Å². The third kappa shape index (κ3) is 4.85. The molecule has 0 heterocycles. The lowest BCUT2D eigenvalue weighted by Gasteiger charge is -2.16. The van der Waals surface area contributed by atoms with E-state index in [9.17, 15) is 4.79 Å². The van der Waals surface area contributed by atoms with Crippen LogP contribution in [0.1, 0.15) is 35.2 Å². The van der Waals surface area contributed by atoms with Crippen LogP contribution in [0.5, 0.6) is 0 Å². The molecule has 0 saturated carbocycles. The summed E-state index contributed by atoms with van der Waals surface area (Å²) in [6, 6.07) is 11.3. The molecule has 1 amide bonds. The summed E-state index contributed by atoms with van der Waals surface area (Å²) in [5.41, 5.74) is 4.25. The van der Waals surface area contributed by atoms with Gasteiger partial charge in [0.15, 0.2) is 0 Å². The van der Waals surface area contributed by atoms with Gasteiger partial charge in [0.1, 0.15) is 0 Å². The fraction of sp³-hybridized carbons (Fsp3) is 0.211. The van der Waals surface area contributed by atoms with Crippen molar-refractivity contribution >= 4 is 35.2 Å². The number of hydrogen-bond acceptors (Lipinski definition) is 1. The summed E-state index contributed by atoms with van der Waals surface area (Å²) in [6.07, 6.45) is 3.16. The van der Waals surface area contributed by atoms with Gasteiger partial charge in [0.05, 0.1) is 6.04 Å². The first kappa shape index (κ1) is 17.6. The van der Waals surface area contributed by atoms with E-state index in [4.69, 9.17) is 23.2 Å². The number of carbonyl (C=O) groups is 1. The van der Waals surface area contributed by atoms with E-state index < -0.39 is 0 Å². The molecule has 0 aromatic heterocycles. The molecule has 0 aliphatic carbocycles. The van der Waals surface area contributed by atoms with Gasteiger partial charge in [0, 0.05) is 16.1 Å². The van der Waals surface area contributed by atoms with Crippen molar-refractivity contribution in [3.63, 3.8) is 0 Å². The quantitative estimate of drug-likeness (QED) is 0.726. The molecule has 1 unspecified atom stereocenters. The van der Waals surface area contributed by atoms with Crippen molar-refractivity contribution in [2.24, 2.45) is 0 Å².